The SMILES string of the molecule is CC(C)(C)c1c2ccccc2c(-c2cccc3ccccc23)c2ccc(-c3ccc(-c4c5ccccc5c(-c5ccccc5)c5ccccc45)c4ccccc34)cc12. The number of rotatable bonds is 4. The lowest BCUT2D eigenvalue weighted by atomic mass is 9.77. The minimum atomic E-state index is -0.0896. The Morgan fingerprint density at radius 3 is 1.31 bits per heavy atom. The van der Waals surface area contributed by atoms with Gasteiger partial charge in [0.2, 0.25) is 0 Å². The van der Waals surface area contributed by atoms with Crippen LogP contribution in [0.25, 0.3) is 109 Å². The summed E-state index contributed by atoms with van der Waals surface area (Å²) in [4.78, 5) is 0. The molecule has 0 N–H and O–H groups in total. The van der Waals surface area contributed by atoms with Gasteiger partial charge in [0.25, 0.3) is 0 Å². The fraction of sp³-hybridized carbons (Fsp3) is 0.0690. The van der Waals surface area contributed by atoms with Crippen molar-refractivity contribution >= 4 is 64.6 Å². The van der Waals surface area contributed by atoms with Crippen LogP contribution in [0.5, 0.6) is 0 Å². The zero-order valence-corrected chi connectivity index (χ0v) is 33.1. The van der Waals surface area contributed by atoms with E-state index in [-0.39, 0.29) is 5.41 Å². The molecule has 11 rings (SSSR count). The molecule has 274 valence electrons. The van der Waals surface area contributed by atoms with Gasteiger partial charge < -0.3 is 0 Å². The third-order valence-corrected chi connectivity index (χ3v) is 12.3. The molecule has 0 spiro atoms. The zero-order chi connectivity index (χ0) is 39.0. The smallest absolute Gasteiger partial charge is 0.00201 e. The van der Waals surface area contributed by atoms with E-state index in [1.807, 2.05) is 0 Å². The van der Waals surface area contributed by atoms with Crippen molar-refractivity contribution in [3.05, 3.63) is 206 Å². The number of benzene rings is 11. The van der Waals surface area contributed by atoms with E-state index in [0.29, 0.717) is 0 Å². The Morgan fingerprint density at radius 1 is 0.259 bits per heavy atom. The van der Waals surface area contributed by atoms with Crippen molar-refractivity contribution in [3.63, 3.8) is 0 Å². The predicted octanol–water partition coefficient (Wildman–Crippen LogP) is 16.6. The number of hydrogen-bond acceptors (Lipinski definition) is 0. The summed E-state index contributed by atoms with van der Waals surface area (Å²) in [5, 5.41) is 15.4. The van der Waals surface area contributed by atoms with Gasteiger partial charge in [-0.05, 0) is 126 Å². The van der Waals surface area contributed by atoms with E-state index in [1.54, 1.807) is 0 Å². The first-order valence-corrected chi connectivity index (χ1v) is 20.4. The van der Waals surface area contributed by atoms with Gasteiger partial charge in [-0.3, -0.25) is 0 Å². The number of fused-ring (bicyclic) bond motifs is 6. The standard InChI is InChI=1S/C58H42/c1-58(2,3)57-52-30-16-15-29-49(52)55(44-31-17-21-37-18-7-8-22-40(37)44)51-33-32-39(36-53(51)57)41-34-35-50(43-24-10-9-23-42(41)43)56-47-27-13-11-25-45(47)54(38-19-5-4-6-20-38)46-26-12-14-28-48(46)56/h4-36H,1-3H3. The Hall–Kier alpha value is -7.02. The van der Waals surface area contributed by atoms with Gasteiger partial charge in [-0.1, -0.05) is 215 Å². The summed E-state index contributed by atoms with van der Waals surface area (Å²) in [7, 11) is 0. The van der Waals surface area contributed by atoms with Gasteiger partial charge in [-0.25, -0.2) is 0 Å². The van der Waals surface area contributed by atoms with E-state index in [2.05, 4.69) is 221 Å². The average molecular weight is 739 g/mol. The van der Waals surface area contributed by atoms with Crippen molar-refractivity contribution in [1.82, 2.24) is 0 Å². The second-order valence-corrected chi connectivity index (χ2v) is 16.7. The molecule has 0 atom stereocenters. The summed E-state index contributed by atoms with van der Waals surface area (Å²) in [6, 6.07) is 74.4. The van der Waals surface area contributed by atoms with Gasteiger partial charge >= 0.3 is 0 Å². The molecule has 0 unspecified atom stereocenters. The van der Waals surface area contributed by atoms with Gasteiger partial charge in [0, 0.05) is 0 Å². The molecule has 11 aromatic carbocycles. The molecule has 11 aromatic rings. The minimum absolute atomic E-state index is 0.0896. The Morgan fingerprint density at radius 2 is 0.690 bits per heavy atom. The lowest BCUT2D eigenvalue weighted by Crippen LogP contribution is -2.13. The molecule has 0 saturated carbocycles. The van der Waals surface area contributed by atoms with Gasteiger partial charge in [0.1, 0.15) is 0 Å². The molecule has 0 aliphatic heterocycles. The van der Waals surface area contributed by atoms with Gasteiger partial charge in [-0.15, -0.1) is 0 Å². The first kappa shape index (κ1) is 34.2. The Labute approximate surface area is 339 Å². The third kappa shape index (κ3) is 5.29. The van der Waals surface area contributed by atoms with Crippen LogP contribution in [0.4, 0.5) is 0 Å². The van der Waals surface area contributed by atoms with Crippen LogP contribution in [0.3, 0.4) is 0 Å². The number of hydrogen-bond donors (Lipinski definition) is 0. The lowest BCUT2D eigenvalue weighted by Gasteiger charge is -2.27. The molecule has 0 nitrogen and oxygen atoms in total. The minimum Gasteiger partial charge on any atom is -0.0622 e. The molecule has 0 fully saturated rings. The largest absolute Gasteiger partial charge is 0.0622 e. The first-order valence-electron chi connectivity index (χ1n) is 20.4. The molecule has 58 heavy (non-hydrogen) atoms. The van der Waals surface area contributed by atoms with Crippen LogP contribution in [0.2, 0.25) is 0 Å². The molecule has 0 aromatic heterocycles. The van der Waals surface area contributed by atoms with Crippen molar-refractivity contribution < 1.29 is 0 Å². The highest BCUT2D eigenvalue weighted by Gasteiger charge is 2.25. The van der Waals surface area contributed by atoms with E-state index < -0.39 is 0 Å². The van der Waals surface area contributed by atoms with E-state index in [0.717, 1.165) is 0 Å². The van der Waals surface area contributed by atoms with Crippen molar-refractivity contribution in [1.29, 1.82) is 0 Å². The van der Waals surface area contributed by atoms with E-state index >= 15 is 0 Å². The summed E-state index contributed by atoms with van der Waals surface area (Å²) < 4.78 is 0. The second-order valence-electron chi connectivity index (χ2n) is 16.7. The van der Waals surface area contributed by atoms with Crippen LogP contribution in [-0.4, -0.2) is 0 Å². The van der Waals surface area contributed by atoms with Crippen molar-refractivity contribution in [3.8, 4) is 44.5 Å². The maximum Gasteiger partial charge on any atom is -0.00201 e. The van der Waals surface area contributed by atoms with Crippen LogP contribution in [-0.2, 0) is 5.41 Å². The van der Waals surface area contributed by atoms with Crippen LogP contribution >= 0.6 is 0 Å². The summed E-state index contributed by atoms with van der Waals surface area (Å²) in [6.07, 6.45) is 0. The molecular weight excluding hydrogens is 697 g/mol. The maximum absolute atomic E-state index is 2.48. The molecule has 0 aliphatic carbocycles. The fourth-order valence-corrected chi connectivity index (χ4v) is 9.99. The normalized spacial score (nSPS) is 12.1. The van der Waals surface area contributed by atoms with Crippen LogP contribution in [0, 0.1) is 0 Å². The average Bonchev–Trinajstić information content (AvgIpc) is 3.26. The summed E-state index contributed by atoms with van der Waals surface area (Å²) in [6.45, 7) is 7.08. The zero-order valence-electron chi connectivity index (χ0n) is 33.1. The molecule has 0 heteroatoms. The fourth-order valence-electron chi connectivity index (χ4n) is 9.99. The highest BCUT2D eigenvalue weighted by molar-refractivity contribution is 6.25. The first-order chi connectivity index (χ1) is 28.5. The Balaban J connectivity index is 1.19. The molecule has 0 heterocycles. The molecular formula is C58H42. The molecule has 0 aliphatic rings. The van der Waals surface area contributed by atoms with Gasteiger partial charge in [0.05, 0.1) is 0 Å². The van der Waals surface area contributed by atoms with Gasteiger partial charge in [-0.2, -0.15) is 0 Å². The maximum atomic E-state index is 2.48. The lowest BCUT2D eigenvalue weighted by molar-refractivity contribution is 0.601. The van der Waals surface area contributed by atoms with E-state index in [4.69, 9.17) is 0 Å². The molecule has 0 bridgehead atoms. The predicted molar refractivity (Wildman–Crippen MR) is 252 cm³/mol. The second kappa shape index (κ2) is 13.3. The summed E-state index contributed by atoms with van der Waals surface area (Å²) in [5.41, 5.74) is 11.4. The van der Waals surface area contributed by atoms with E-state index in [1.165, 1.54) is 115 Å². The van der Waals surface area contributed by atoms with Crippen LogP contribution < -0.4 is 0 Å². The quantitative estimate of drug-likeness (QED) is 0.158. The van der Waals surface area contributed by atoms with Crippen LogP contribution in [0.1, 0.15) is 26.3 Å². The Kier molecular flexibility index (Phi) is 7.85. The topological polar surface area (TPSA) is 0 Å². The highest BCUT2D eigenvalue weighted by atomic mass is 14.3. The molecule has 0 amide bonds. The highest BCUT2D eigenvalue weighted by Crippen LogP contribution is 2.49. The summed E-state index contributed by atoms with van der Waals surface area (Å²) in [5.74, 6) is 0. The monoisotopic (exact) mass is 738 g/mol. The van der Waals surface area contributed by atoms with Crippen molar-refractivity contribution in [2.75, 3.05) is 0 Å². The van der Waals surface area contributed by atoms with Crippen LogP contribution in [0.15, 0.2) is 200 Å². The molecule has 0 radical (unpaired) electrons. The Bertz CT molecular complexity index is 3350. The van der Waals surface area contributed by atoms with E-state index in [9.17, 15) is 0 Å². The third-order valence-electron chi connectivity index (χ3n) is 12.3. The molecule has 0 saturated heterocycles. The summed E-state index contributed by atoms with van der Waals surface area (Å²) >= 11 is 0. The van der Waals surface area contributed by atoms with Gasteiger partial charge in [0.15, 0.2) is 0 Å². The van der Waals surface area contributed by atoms with Crippen molar-refractivity contribution in [2.24, 2.45) is 0 Å². The van der Waals surface area contributed by atoms with Crippen molar-refractivity contribution in [2.45, 2.75) is 26.2 Å².